The minimum absolute atomic E-state index is 0.0439. The van der Waals surface area contributed by atoms with Gasteiger partial charge in [0.15, 0.2) is 12.0 Å². The van der Waals surface area contributed by atoms with Crippen LogP contribution < -0.4 is 14.4 Å². The van der Waals surface area contributed by atoms with Crippen molar-refractivity contribution in [2.45, 2.75) is 109 Å². The van der Waals surface area contributed by atoms with Crippen molar-refractivity contribution >= 4 is 45.3 Å². The summed E-state index contributed by atoms with van der Waals surface area (Å²) in [6, 6.07) is 1.81. The second kappa shape index (κ2) is 15.3. The molecule has 8 rings (SSSR count). The first-order valence-electron chi connectivity index (χ1n) is 20.1. The predicted octanol–water partition coefficient (Wildman–Crippen LogP) is 7.39. The van der Waals surface area contributed by atoms with Gasteiger partial charge in [0.25, 0.3) is 0 Å². The number of anilines is 1. The van der Waals surface area contributed by atoms with Gasteiger partial charge in [0, 0.05) is 42.1 Å². The van der Waals surface area contributed by atoms with Gasteiger partial charge >= 0.3 is 12.1 Å². The number of rotatable bonds is 7. The van der Waals surface area contributed by atoms with Crippen LogP contribution in [0.15, 0.2) is 12.3 Å². The quantitative estimate of drug-likeness (QED) is 0.199. The van der Waals surface area contributed by atoms with E-state index in [0.29, 0.717) is 42.3 Å². The molecule has 0 bridgehead atoms. The van der Waals surface area contributed by atoms with Gasteiger partial charge in [-0.3, -0.25) is 0 Å². The summed E-state index contributed by atoms with van der Waals surface area (Å²) in [4.78, 5) is 31.5. The Morgan fingerprint density at radius 2 is 1.91 bits per heavy atom. The molecule has 1 N–H and O–H groups in total. The number of pyridine rings is 1. The summed E-state index contributed by atoms with van der Waals surface area (Å²) in [7, 11) is 1.46. The van der Waals surface area contributed by atoms with Gasteiger partial charge in [-0.25, -0.2) is 18.9 Å². The highest BCUT2D eigenvalue weighted by Crippen LogP contribution is 2.49. The fourth-order valence-electron chi connectivity index (χ4n) is 9.21. The number of aromatic nitrogens is 5. The van der Waals surface area contributed by atoms with E-state index < -0.39 is 17.0 Å². The highest BCUT2D eigenvalue weighted by Gasteiger charge is 2.51. The number of carbonyl (C=O) groups is 1. The molecule has 16 heteroatoms. The number of hydrogen-bond donors (Lipinski definition) is 1. The van der Waals surface area contributed by atoms with Crippen LogP contribution in [-0.2, 0) is 14.2 Å². The van der Waals surface area contributed by atoms with Crippen LogP contribution in [0.2, 0.25) is 5.02 Å². The second-order valence-corrected chi connectivity index (χ2v) is 17.7. The van der Waals surface area contributed by atoms with E-state index >= 15 is 4.39 Å². The third-order valence-corrected chi connectivity index (χ3v) is 12.3. The SMILES string of the molecule is COc1nc(-c2c(Cl)c(C)cc3c2cnn3C2CCCCO2)c(F)c2nc(OC[C@]34CCC[C@H]3N(C(=O)OC(C)(C)C)CCC4)nc(N3CCOC[C@@](C)(O)C3)c12. The Bertz CT molecular complexity index is 2170. The summed E-state index contributed by atoms with van der Waals surface area (Å²) >= 11 is 7.05. The van der Waals surface area contributed by atoms with Crippen molar-refractivity contribution in [1.82, 2.24) is 29.6 Å². The van der Waals surface area contributed by atoms with Gasteiger partial charge in [-0.05, 0) is 91.2 Å². The van der Waals surface area contributed by atoms with E-state index in [9.17, 15) is 9.90 Å². The number of aryl methyl sites for hydroxylation is 1. The first-order valence-corrected chi connectivity index (χ1v) is 20.5. The summed E-state index contributed by atoms with van der Waals surface area (Å²) < 4.78 is 49.5. The molecule has 0 spiro atoms. The smallest absolute Gasteiger partial charge is 0.410 e. The van der Waals surface area contributed by atoms with Gasteiger partial charge in [0.2, 0.25) is 5.88 Å². The zero-order chi connectivity index (χ0) is 40.3. The molecule has 14 nitrogen and oxygen atoms in total. The molecule has 4 aliphatic rings. The van der Waals surface area contributed by atoms with E-state index in [-0.39, 0.29) is 77.8 Å². The molecular formula is C41H53ClFN7O7. The van der Waals surface area contributed by atoms with E-state index in [1.54, 1.807) is 13.1 Å². The van der Waals surface area contributed by atoms with Crippen LogP contribution in [-0.4, -0.2) is 111 Å². The first kappa shape index (κ1) is 39.8. The minimum atomic E-state index is -1.24. The summed E-state index contributed by atoms with van der Waals surface area (Å²) in [5.41, 5.74) is -0.532. The van der Waals surface area contributed by atoms with Crippen LogP contribution >= 0.6 is 11.6 Å². The van der Waals surface area contributed by atoms with Crippen LogP contribution in [0, 0.1) is 18.2 Å². The van der Waals surface area contributed by atoms with Crippen molar-refractivity contribution in [3.05, 3.63) is 28.7 Å². The maximum Gasteiger partial charge on any atom is 0.410 e. The van der Waals surface area contributed by atoms with Crippen molar-refractivity contribution in [2.75, 3.05) is 58.1 Å². The number of ether oxygens (including phenoxy) is 5. The Morgan fingerprint density at radius 1 is 1.11 bits per heavy atom. The highest BCUT2D eigenvalue weighted by atomic mass is 35.5. The largest absolute Gasteiger partial charge is 0.480 e. The van der Waals surface area contributed by atoms with Gasteiger partial charge in [-0.15, -0.1) is 0 Å². The van der Waals surface area contributed by atoms with Crippen LogP contribution in [0.25, 0.3) is 33.1 Å². The number of amides is 1. The number of carbonyl (C=O) groups excluding carboxylic acids is 1. The summed E-state index contributed by atoms with van der Waals surface area (Å²) in [5.74, 6) is -0.368. The number of piperidine rings is 1. The molecule has 1 saturated carbocycles. The van der Waals surface area contributed by atoms with Crippen LogP contribution in [0.4, 0.5) is 15.0 Å². The number of methoxy groups -OCH3 is 1. The third kappa shape index (κ3) is 7.56. The lowest BCUT2D eigenvalue weighted by Crippen LogP contribution is -2.55. The molecule has 0 radical (unpaired) electrons. The number of likely N-dealkylation sites (tertiary alicyclic amines) is 1. The lowest BCUT2D eigenvalue weighted by atomic mass is 9.75. The van der Waals surface area contributed by atoms with Gasteiger partial charge in [-0.1, -0.05) is 18.0 Å². The van der Waals surface area contributed by atoms with Crippen LogP contribution in [0.5, 0.6) is 11.9 Å². The predicted molar refractivity (Wildman–Crippen MR) is 213 cm³/mol. The molecule has 4 atom stereocenters. The van der Waals surface area contributed by atoms with Crippen molar-refractivity contribution in [3.63, 3.8) is 0 Å². The zero-order valence-corrected chi connectivity index (χ0v) is 34.5. The first-order chi connectivity index (χ1) is 27.2. The van der Waals surface area contributed by atoms with Crippen molar-refractivity contribution < 1.29 is 38.0 Å². The van der Waals surface area contributed by atoms with Crippen molar-refractivity contribution in [2.24, 2.45) is 5.41 Å². The maximum atomic E-state index is 17.6. The molecular weight excluding hydrogens is 757 g/mol. The van der Waals surface area contributed by atoms with E-state index in [1.165, 1.54) is 7.11 Å². The number of halogens is 2. The van der Waals surface area contributed by atoms with Crippen molar-refractivity contribution in [1.29, 1.82) is 0 Å². The minimum Gasteiger partial charge on any atom is -0.480 e. The standard InChI is InChI=1S/C41H53ClFN7O7/c1-24-19-26-25(20-44-50(26)28-12-7-8-17-55-28)29(31(24)42)33-32(43)34-30(36(45-33)53-6)35(48-16-18-54-22-40(5,52)21-48)47-37(46-34)56-23-41-13-9-11-27(41)49(15-10-14-41)38(51)57-39(2,3)4/h19-20,27-28,52H,7-18,21-23H2,1-6H3/t27-,28?,40+,41-/m1/s1. The highest BCUT2D eigenvalue weighted by molar-refractivity contribution is 6.35. The second-order valence-electron chi connectivity index (χ2n) is 17.4. The Balaban J connectivity index is 1.25. The van der Waals surface area contributed by atoms with E-state index in [4.69, 9.17) is 55.3 Å². The van der Waals surface area contributed by atoms with E-state index in [1.807, 2.05) is 48.2 Å². The molecule has 1 aromatic carbocycles. The number of fused-ring (bicyclic) bond motifs is 3. The molecule has 308 valence electrons. The Kier molecular flexibility index (Phi) is 10.7. The number of hydrogen-bond acceptors (Lipinski definition) is 12. The van der Waals surface area contributed by atoms with Crippen molar-refractivity contribution in [3.8, 4) is 23.1 Å². The molecule has 4 fully saturated rings. The zero-order valence-electron chi connectivity index (χ0n) is 33.7. The summed E-state index contributed by atoms with van der Waals surface area (Å²) in [6.45, 7) is 11.5. The van der Waals surface area contributed by atoms with Crippen LogP contribution in [0.1, 0.15) is 90.9 Å². The number of nitrogens with zero attached hydrogens (tertiary/aromatic N) is 7. The van der Waals surface area contributed by atoms with E-state index in [0.717, 1.165) is 62.4 Å². The Morgan fingerprint density at radius 3 is 2.67 bits per heavy atom. The molecule has 3 saturated heterocycles. The lowest BCUT2D eigenvalue weighted by molar-refractivity contribution is -0.0366. The topological polar surface area (TPSA) is 146 Å². The third-order valence-electron chi connectivity index (χ3n) is 11.8. The number of benzene rings is 1. The molecule has 4 aromatic rings. The average Bonchev–Trinajstić information content (AvgIpc) is 3.75. The average molecular weight is 810 g/mol. The summed E-state index contributed by atoms with van der Waals surface area (Å²) in [5, 5.41) is 17.1. The Hall–Kier alpha value is -4.05. The fraction of sp³-hybridized carbons (Fsp3) is 0.634. The Labute approximate surface area is 336 Å². The monoisotopic (exact) mass is 809 g/mol. The molecule has 57 heavy (non-hydrogen) atoms. The van der Waals surface area contributed by atoms with Gasteiger partial charge in [0.05, 0.1) is 50.2 Å². The maximum absolute atomic E-state index is 17.6. The number of aliphatic hydroxyl groups is 1. The number of β-amino-alcohol motifs (C(OH)–C–C–N with tert-alkyl or cyclic N) is 1. The normalized spacial score (nSPS) is 25.8. The van der Waals surface area contributed by atoms with Gasteiger partial charge in [-0.2, -0.15) is 15.1 Å². The lowest BCUT2D eigenvalue weighted by Gasteiger charge is -2.46. The molecule has 1 amide bonds. The molecule has 3 aliphatic heterocycles. The van der Waals surface area contributed by atoms with E-state index in [2.05, 4.69) is 0 Å². The molecule has 1 unspecified atom stereocenters. The molecule has 1 aliphatic carbocycles. The van der Waals surface area contributed by atoms with Gasteiger partial charge in [0.1, 0.15) is 33.6 Å². The van der Waals surface area contributed by atoms with Gasteiger partial charge < -0.3 is 38.6 Å². The molecule has 3 aromatic heterocycles. The molecule has 6 heterocycles. The summed E-state index contributed by atoms with van der Waals surface area (Å²) in [6.07, 6.45) is 8.15. The van der Waals surface area contributed by atoms with Crippen LogP contribution in [0.3, 0.4) is 0 Å². The fourth-order valence-corrected chi connectivity index (χ4v) is 9.45.